The molecule has 0 saturated heterocycles. The molecule has 1 aliphatic rings. The van der Waals surface area contributed by atoms with Crippen LogP contribution in [0.1, 0.15) is 63.8 Å². The number of benzene rings is 1. The quantitative estimate of drug-likeness (QED) is 0.738. The lowest BCUT2D eigenvalue weighted by atomic mass is 9.90. The zero-order chi connectivity index (χ0) is 18.9. The van der Waals surface area contributed by atoms with Gasteiger partial charge in [-0.15, -0.1) is 11.3 Å². The van der Waals surface area contributed by atoms with Crippen LogP contribution in [0.25, 0.3) is 10.4 Å². The summed E-state index contributed by atoms with van der Waals surface area (Å²) in [6.45, 7) is 5.52. The molecule has 1 aliphatic carbocycles. The van der Waals surface area contributed by atoms with E-state index in [-0.39, 0.29) is 5.75 Å². The van der Waals surface area contributed by atoms with Crippen molar-refractivity contribution in [2.45, 2.75) is 64.3 Å². The Morgan fingerprint density at radius 2 is 1.88 bits per heavy atom. The molecule has 1 fully saturated rings. The molecule has 0 spiro atoms. The number of hydrogen-bond acceptors (Lipinski definition) is 5. The number of thiazole rings is 1. The van der Waals surface area contributed by atoms with Crippen molar-refractivity contribution in [1.82, 2.24) is 4.98 Å². The summed E-state index contributed by atoms with van der Waals surface area (Å²) in [6, 6.07) is 4.89. The Kier molecular flexibility index (Phi) is 5.58. The number of phenols is 1. The molecule has 26 heavy (non-hydrogen) atoms. The summed E-state index contributed by atoms with van der Waals surface area (Å²) in [4.78, 5) is 5.57. The molecule has 1 aromatic heterocycles. The van der Waals surface area contributed by atoms with E-state index < -0.39 is 16.4 Å². The van der Waals surface area contributed by atoms with Gasteiger partial charge in [-0.1, -0.05) is 19.3 Å². The van der Waals surface area contributed by atoms with Crippen molar-refractivity contribution < 1.29 is 13.5 Å². The van der Waals surface area contributed by atoms with Crippen molar-refractivity contribution >= 4 is 27.9 Å². The van der Waals surface area contributed by atoms with Crippen LogP contribution >= 0.6 is 11.3 Å². The minimum atomic E-state index is -2.85. The Hall–Kier alpha value is -1.60. The molecular weight excluding hydrogens is 368 g/mol. The van der Waals surface area contributed by atoms with Gasteiger partial charge in [-0.05, 0) is 45.7 Å². The molecule has 142 valence electrons. The molecule has 5 nitrogen and oxygen atoms in total. The average molecular weight is 395 g/mol. The normalized spacial score (nSPS) is 16.2. The van der Waals surface area contributed by atoms with Crippen LogP contribution in [-0.4, -0.2) is 24.0 Å². The number of anilines is 1. The summed E-state index contributed by atoms with van der Waals surface area (Å²) in [5.41, 5.74) is 0.651. The van der Waals surface area contributed by atoms with Gasteiger partial charge in [-0.25, -0.2) is 13.4 Å². The minimum absolute atomic E-state index is 0.0480. The van der Waals surface area contributed by atoms with Crippen molar-refractivity contribution in [3.63, 3.8) is 0 Å². The van der Waals surface area contributed by atoms with Gasteiger partial charge in [-0.3, -0.25) is 4.31 Å². The van der Waals surface area contributed by atoms with Crippen LogP contribution in [0.2, 0.25) is 0 Å². The average Bonchev–Trinajstić information content (AvgIpc) is 3.04. The molecule has 0 unspecified atom stereocenters. The molecule has 0 radical (unpaired) electrons. The van der Waals surface area contributed by atoms with Gasteiger partial charge in [0, 0.05) is 29.3 Å². The third-order valence-electron chi connectivity index (χ3n) is 4.75. The van der Waals surface area contributed by atoms with Crippen molar-refractivity contribution in [2.75, 3.05) is 4.31 Å². The summed E-state index contributed by atoms with van der Waals surface area (Å²) < 4.78 is 25.3. The monoisotopic (exact) mass is 394 g/mol. The van der Waals surface area contributed by atoms with E-state index in [4.69, 9.17) is 0 Å². The molecule has 7 heteroatoms. The van der Waals surface area contributed by atoms with E-state index in [9.17, 15) is 13.5 Å². The number of rotatable bonds is 4. The van der Waals surface area contributed by atoms with E-state index in [0.717, 1.165) is 15.4 Å². The van der Waals surface area contributed by atoms with Gasteiger partial charge in [0.15, 0.2) is 0 Å². The molecular formula is C19H26N2O3S2. The molecule has 1 aromatic carbocycles. The number of hydrogen-bond donors (Lipinski definition) is 2. The Morgan fingerprint density at radius 1 is 1.19 bits per heavy atom. The lowest BCUT2D eigenvalue weighted by Gasteiger charge is -2.33. The van der Waals surface area contributed by atoms with Crippen LogP contribution in [0.3, 0.4) is 0 Å². The minimum Gasteiger partial charge on any atom is -0.508 e. The van der Waals surface area contributed by atoms with Crippen molar-refractivity contribution in [1.29, 1.82) is 0 Å². The van der Waals surface area contributed by atoms with Crippen molar-refractivity contribution in [3.8, 4) is 16.2 Å². The first-order chi connectivity index (χ1) is 12.3. The highest BCUT2D eigenvalue weighted by Gasteiger charge is 2.28. The molecule has 1 saturated carbocycles. The molecule has 0 atom stereocenters. The molecule has 2 aromatic rings. The molecule has 1 N–H and O–H groups in total. The van der Waals surface area contributed by atoms with E-state index >= 15 is 0 Å². The molecule has 0 aliphatic heterocycles. The largest absolute Gasteiger partial charge is 0.508 e. The van der Waals surface area contributed by atoms with Crippen molar-refractivity contribution in [3.05, 3.63) is 29.4 Å². The number of phenolic OH excluding ortho intramolecular Hbond substituents is 1. The predicted octanol–water partition coefficient (Wildman–Crippen LogP) is 4.69. The Labute approximate surface area is 160 Å². The topological polar surface area (TPSA) is 70.5 Å². The fraction of sp³-hybridized carbons (Fsp3) is 0.526. The van der Waals surface area contributed by atoms with Crippen LogP contribution in [-0.2, 0) is 10.9 Å². The van der Waals surface area contributed by atoms with Crippen molar-refractivity contribution in [2.24, 2.45) is 0 Å². The predicted molar refractivity (Wildman–Crippen MR) is 108 cm³/mol. The van der Waals surface area contributed by atoms with E-state index in [1.807, 2.05) is 27.0 Å². The Morgan fingerprint density at radius 3 is 2.50 bits per heavy atom. The van der Waals surface area contributed by atoms with Crippen LogP contribution in [0.5, 0.6) is 5.75 Å². The zero-order valence-electron chi connectivity index (χ0n) is 15.4. The molecule has 0 amide bonds. The first-order valence-electron chi connectivity index (χ1n) is 9.01. The smallest absolute Gasteiger partial charge is 0.225 e. The van der Waals surface area contributed by atoms with E-state index in [2.05, 4.69) is 4.98 Å². The number of thiol groups is 1. The fourth-order valence-electron chi connectivity index (χ4n) is 3.55. The highest BCUT2D eigenvalue weighted by Crippen LogP contribution is 2.42. The Bertz CT molecular complexity index is 839. The van der Waals surface area contributed by atoms with Crippen LogP contribution < -0.4 is 4.31 Å². The van der Waals surface area contributed by atoms with Gasteiger partial charge in [0.05, 0.1) is 15.6 Å². The summed E-state index contributed by atoms with van der Waals surface area (Å²) in [7, 11) is -2.85. The van der Waals surface area contributed by atoms with Gasteiger partial charge >= 0.3 is 0 Å². The highest BCUT2D eigenvalue weighted by atomic mass is 32.2. The van der Waals surface area contributed by atoms with Gasteiger partial charge < -0.3 is 5.11 Å². The second kappa shape index (κ2) is 7.56. The maximum atomic E-state index is 12.0. The van der Waals surface area contributed by atoms with Gasteiger partial charge in [-0.2, -0.15) is 0 Å². The number of aromatic hydroxyl groups is 1. The summed E-state index contributed by atoms with van der Waals surface area (Å²) in [5.74, 6) is 0.560. The SMILES string of the molecule is CC(C)(C)N(c1cc(O)ccc1-c1cnc(C2CCCCC2)s1)[SH](=O)=O. The fourth-order valence-corrected chi connectivity index (χ4v) is 5.50. The highest BCUT2D eigenvalue weighted by molar-refractivity contribution is 7.74. The molecule has 1 heterocycles. The van der Waals surface area contributed by atoms with Gasteiger partial charge in [0.2, 0.25) is 10.9 Å². The Balaban J connectivity index is 2.04. The molecule has 0 bridgehead atoms. The van der Waals surface area contributed by atoms with Gasteiger partial charge in [0.25, 0.3) is 0 Å². The van der Waals surface area contributed by atoms with Gasteiger partial charge in [0.1, 0.15) is 5.75 Å². The zero-order valence-corrected chi connectivity index (χ0v) is 17.1. The molecule has 3 rings (SSSR count). The van der Waals surface area contributed by atoms with Crippen LogP contribution in [0.4, 0.5) is 5.69 Å². The third kappa shape index (κ3) is 4.04. The van der Waals surface area contributed by atoms with Crippen LogP contribution in [0.15, 0.2) is 24.4 Å². The first-order valence-corrected chi connectivity index (χ1v) is 11.0. The van der Waals surface area contributed by atoms with E-state index in [0.29, 0.717) is 11.6 Å². The van der Waals surface area contributed by atoms with E-state index in [1.54, 1.807) is 23.5 Å². The number of nitrogens with zero attached hydrogens (tertiary/aromatic N) is 2. The lowest BCUT2D eigenvalue weighted by Crippen LogP contribution is -2.40. The maximum Gasteiger partial charge on any atom is 0.225 e. The third-order valence-corrected chi connectivity index (χ3v) is 7.09. The lowest BCUT2D eigenvalue weighted by molar-refractivity contribution is 0.442. The van der Waals surface area contributed by atoms with Crippen LogP contribution in [0, 0.1) is 0 Å². The second-order valence-corrected chi connectivity index (χ2v) is 9.76. The van der Waals surface area contributed by atoms with E-state index in [1.165, 1.54) is 42.5 Å². The summed E-state index contributed by atoms with van der Waals surface area (Å²) >= 11 is 1.64. The second-order valence-electron chi connectivity index (χ2n) is 7.82. The first kappa shape index (κ1) is 19.2. The summed E-state index contributed by atoms with van der Waals surface area (Å²) in [5, 5.41) is 11.1. The standard InChI is InChI=1S/C19H26N2O3S2/c1-19(2,3)21(26(23)24)16-11-14(22)9-10-15(16)17-12-20-18(25-17)13-7-5-4-6-8-13/h9-13,22,26H,4-8H2,1-3H3. The summed E-state index contributed by atoms with van der Waals surface area (Å²) in [6.07, 6.45) is 7.99. The maximum absolute atomic E-state index is 12.0. The number of aromatic nitrogens is 1.